The minimum absolute atomic E-state index is 0.0948. The molecule has 1 aromatic heterocycles. The molecule has 10 nitrogen and oxygen atoms in total. The molecule has 0 atom stereocenters. The molecule has 0 aliphatic carbocycles. The van der Waals surface area contributed by atoms with Gasteiger partial charge in [-0.05, 0) is 38.1 Å². The highest BCUT2D eigenvalue weighted by molar-refractivity contribution is 6.04. The smallest absolute Gasteiger partial charge is 0.278 e. The molecule has 0 saturated carbocycles. The van der Waals surface area contributed by atoms with Crippen LogP contribution in [0.25, 0.3) is 0 Å². The van der Waals surface area contributed by atoms with Crippen molar-refractivity contribution in [2.75, 3.05) is 31.5 Å². The summed E-state index contributed by atoms with van der Waals surface area (Å²) in [6, 6.07) is 12.2. The molecular weight excluding hydrogens is 414 g/mol. The minimum Gasteiger partial charge on any atom is -0.497 e. The summed E-state index contributed by atoms with van der Waals surface area (Å²) in [6.45, 7) is 3.89. The second-order valence-electron chi connectivity index (χ2n) is 6.68. The number of amides is 2. The van der Waals surface area contributed by atoms with Crippen LogP contribution in [0.15, 0.2) is 42.5 Å². The SMILES string of the molecule is CCOc1ccccc1NC(=O)Cn1nnc(C(=O)Nc2cc(OC)ccc2OC)c1C. The van der Waals surface area contributed by atoms with E-state index >= 15 is 0 Å². The number of hydrogen-bond acceptors (Lipinski definition) is 7. The molecular formula is C22H25N5O5. The molecule has 3 rings (SSSR count). The maximum atomic E-state index is 12.8. The summed E-state index contributed by atoms with van der Waals surface area (Å²) < 4.78 is 17.3. The van der Waals surface area contributed by atoms with Gasteiger partial charge >= 0.3 is 0 Å². The third-order valence-corrected chi connectivity index (χ3v) is 4.61. The quantitative estimate of drug-likeness (QED) is 0.526. The van der Waals surface area contributed by atoms with E-state index in [1.807, 2.05) is 13.0 Å². The Hall–Kier alpha value is -4.08. The number of carbonyl (C=O) groups is 2. The van der Waals surface area contributed by atoms with Crippen LogP contribution in [0.4, 0.5) is 11.4 Å². The van der Waals surface area contributed by atoms with E-state index in [1.54, 1.807) is 43.3 Å². The van der Waals surface area contributed by atoms with Crippen LogP contribution in [-0.4, -0.2) is 47.6 Å². The zero-order chi connectivity index (χ0) is 23.1. The van der Waals surface area contributed by atoms with Crippen molar-refractivity contribution < 1.29 is 23.8 Å². The molecule has 0 saturated heterocycles. The van der Waals surface area contributed by atoms with Crippen molar-refractivity contribution in [3.05, 3.63) is 53.9 Å². The van der Waals surface area contributed by atoms with Crippen molar-refractivity contribution in [2.24, 2.45) is 0 Å². The predicted molar refractivity (Wildman–Crippen MR) is 118 cm³/mol. The van der Waals surface area contributed by atoms with Gasteiger partial charge in [0.1, 0.15) is 23.8 Å². The summed E-state index contributed by atoms with van der Waals surface area (Å²) in [5.74, 6) is 0.793. The van der Waals surface area contributed by atoms with Gasteiger partial charge in [0.05, 0.1) is 37.9 Å². The first-order valence-electron chi connectivity index (χ1n) is 9.92. The van der Waals surface area contributed by atoms with Gasteiger partial charge in [-0.25, -0.2) is 4.68 Å². The molecule has 0 radical (unpaired) electrons. The van der Waals surface area contributed by atoms with E-state index in [1.165, 1.54) is 18.9 Å². The Balaban J connectivity index is 1.71. The zero-order valence-corrected chi connectivity index (χ0v) is 18.3. The van der Waals surface area contributed by atoms with E-state index in [0.717, 1.165) is 0 Å². The molecule has 0 spiro atoms. The largest absolute Gasteiger partial charge is 0.497 e. The van der Waals surface area contributed by atoms with Gasteiger partial charge < -0.3 is 24.8 Å². The van der Waals surface area contributed by atoms with Crippen LogP contribution in [-0.2, 0) is 11.3 Å². The lowest BCUT2D eigenvalue weighted by molar-refractivity contribution is -0.117. The van der Waals surface area contributed by atoms with Crippen LogP contribution in [0, 0.1) is 6.92 Å². The first-order valence-corrected chi connectivity index (χ1v) is 9.92. The number of hydrogen-bond donors (Lipinski definition) is 2. The summed E-state index contributed by atoms with van der Waals surface area (Å²) in [6.07, 6.45) is 0. The highest BCUT2D eigenvalue weighted by Crippen LogP contribution is 2.29. The fraction of sp³-hybridized carbons (Fsp3) is 0.273. The summed E-state index contributed by atoms with van der Waals surface area (Å²) in [4.78, 5) is 25.3. The summed E-state index contributed by atoms with van der Waals surface area (Å²) >= 11 is 0. The lowest BCUT2D eigenvalue weighted by atomic mass is 10.2. The maximum absolute atomic E-state index is 12.8. The van der Waals surface area contributed by atoms with Crippen molar-refractivity contribution in [3.8, 4) is 17.2 Å². The third kappa shape index (κ3) is 5.15. The summed E-state index contributed by atoms with van der Waals surface area (Å²) in [7, 11) is 3.03. The van der Waals surface area contributed by atoms with Gasteiger partial charge in [0, 0.05) is 6.07 Å². The normalized spacial score (nSPS) is 10.4. The lowest BCUT2D eigenvalue weighted by Gasteiger charge is -2.12. The van der Waals surface area contributed by atoms with Gasteiger partial charge in [-0.3, -0.25) is 9.59 Å². The van der Waals surface area contributed by atoms with Gasteiger partial charge in [0.2, 0.25) is 5.91 Å². The number of benzene rings is 2. The molecule has 168 valence electrons. The van der Waals surface area contributed by atoms with Crippen LogP contribution in [0.5, 0.6) is 17.2 Å². The van der Waals surface area contributed by atoms with E-state index in [9.17, 15) is 9.59 Å². The molecule has 0 aliphatic rings. The number of anilines is 2. The number of methoxy groups -OCH3 is 2. The predicted octanol–water partition coefficient (Wildman–Crippen LogP) is 2.89. The van der Waals surface area contributed by atoms with Crippen molar-refractivity contribution in [1.29, 1.82) is 0 Å². The highest BCUT2D eigenvalue weighted by Gasteiger charge is 2.20. The van der Waals surface area contributed by atoms with Crippen LogP contribution in [0.3, 0.4) is 0 Å². The topological polar surface area (TPSA) is 117 Å². The van der Waals surface area contributed by atoms with Gasteiger partial charge in [-0.2, -0.15) is 0 Å². The molecule has 3 aromatic rings. The van der Waals surface area contributed by atoms with Crippen molar-refractivity contribution in [1.82, 2.24) is 15.0 Å². The molecule has 0 fully saturated rings. The average molecular weight is 439 g/mol. The Labute approximate surface area is 185 Å². The number of aromatic nitrogens is 3. The molecule has 0 aliphatic heterocycles. The first-order chi connectivity index (χ1) is 15.5. The highest BCUT2D eigenvalue weighted by atomic mass is 16.5. The zero-order valence-electron chi connectivity index (χ0n) is 18.3. The van der Waals surface area contributed by atoms with E-state index in [2.05, 4.69) is 20.9 Å². The monoisotopic (exact) mass is 439 g/mol. The molecule has 2 aromatic carbocycles. The third-order valence-electron chi connectivity index (χ3n) is 4.61. The van der Waals surface area contributed by atoms with Gasteiger partial charge in [0.15, 0.2) is 5.69 Å². The van der Waals surface area contributed by atoms with Crippen LogP contribution >= 0.6 is 0 Å². The van der Waals surface area contributed by atoms with Crippen molar-refractivity contribution >= 4 is 23.2 Å². The Morgan fingerprint density at radius 3 is 2.50 bits per heavy atom. The van der Waals surface area contributed by atoms with Crippen LogP contribution in [0.2, 0.25) is 0 Å². The van der Waals surface area contributed by atoms with Gasteiger partial charge in [-0.1, -0.05) is 17.3 Å². The Bertz CT molecular complexity index is 1110. The first kappa shape index (κ1) is 22.6. The molecule has 2 N–H and O–H groups in total. The number of para-hydroxylation sites is 2. The van der Waals surface area contributed by atoms with Gasteiger partial charge in [0.25, 0.3) is 5.91 Å². The molecule has 2 amide bonds. The van der Waals surface area contributed by atoms with Gasteiger partial charge in [-0.15, -0.1) is 5.10 Å². The number of nitrogens with zero attached hydrogens (tertiary/aromatic N) is 3. The number of nitrogens with one attached hydrogen (secondary N) is 2. The van der Waals surface area contributed by atoms with Crippen molar-refractivity contribution in [2.45, 2.75) is 20.4 Å². The molecule has 1 heterocycles. The lowest BCUT2D eigenvalue weighted by Crippen LogP contribution is -2.21. The Morgan fingerprint density at radius 1 is 1.00 bits per heavy atom. The minimum atomic E-state index is -0.484. The van der Waals surface area contributed by atoms with E-state index in [-0.39, 0.29) is 18.1 Å². The Morgan fingerprint density at radius 2 is 1.78 bits per heavy atom. The van der Waals surface area contributed by atoms with E-state index in [4.69, 9.17) is 14.2 Å². The number of ether oxygens (including phenoxy) is 3. The molecule has 0 bridgehead atoms. The van der Waals surface area contributed by atoms with Crippen LogP contribution < -0.4 is 24.8 Å². The Kier molecular flexibility index (Phi) is 7.27. The van der Waals surface area contributed by atoms with E-state index < -0.39 is 5.91 Å². The van der Waals surface area contributed by atoms with Crippen molar-refractivity contribution in [3.63, 3.8) is 0 Å². The van der Waals surface area contributed by atoms with E-state index in [0.29, 0.717) is 40.9 Å². The van der Waals surface area contributed by atoms with Crippen LogP contribution in [0.1, 0.15) is 23.1 Å². The summed E-state index contributed by atoms with van der Waals surface area (Å²) in [5.41, 5.74) is 1.52. The average Bonchev–Trinajstić information content (AvgIpc) is 3.15. The maximum Gasteiger partial charge on any atom is 0.278 e. The molecule has 32 heavy (non-hydrogen) atoms. The fourth-order valence-corrected chi connectivity index (χ4v) is 2.99. The number of rotatable bonds is 9. The number of carbonyl (C=O) groups excluding carboxylic acids is 2. The summed E-state index contributed by atoms with van der Waals surface area (Å²) in [5, 5.41) is 13.4. The standard InChI is InChI=1S/C22H25N5O5/c1-5-32-19-9-7-6-8-16(19)23-20(28)13-27-14(2)21(25-26-27)22(29)24-17-12-15(30-3)10-11-18(17)31-4/h6-12H,5,13H2,1-4H3,(H,23,28)(H,24,29). The molecule has 0 unspecified atom stereocenters. The fourth-order valence-electron chi connectivity index (χ4n) is 2.99. The second kappa shape index (κ2) is 10.3. The second-order valence-corrected chi connectivity index (χ2v) is 6.68. The molecule has 10 heteroatoms.